The van der Waals surface area contributed by atoms with E-state index in [2.05, 4.69) is 45.2 Å². The smallest absolute Gasteiger partial charge is 0.132 e. The highest BCUT2D eigenvalue weighted by molar-refractivity contribution is 5.84. The third-order valence-corrected chi connectivity index (χ3v) is 4.60. The van der Waals surface area contributed by atoms with Crippen molar-refractivity contribution in [1.82, 2.24) is 9.97 Å². The highest BCUT2D eigenvalue weighted by atomic mass is 16.5. The summed E-state index contributed by atoms with van der Waals surface area (Å²) in [4.78, 5) is 11.0. The molecule has 1 atom stereocenters. The van der Waals surface area contributed by atoms with Crippen LogP contribution >= 0.6 is 0 Å². The van der Waals surface area contributed by atoms with Crippen molar-refractivity contribution in [3.05, 3.63) is 60.0 Å². The van der Waals surface area contributed by atoms with E-state index in [4.69, 9.17) is 9.47 Å². The van der Waals surface area contributed by atoms with Gasteiger partial charge in [0.25, 0.3) is 0 Å². The third-order valence-electron chi connectivity index (χ3n) is 4.60. The summed E-state index contributed by atoms with van der Waals surface area (Å²) < 4.78 is 11.3. The minimum Gasteiger partial charge on any atom is -0.497 e. The Morgan fingerprint density at radius 1 is 1.12 bits per heavy atom. The molecule has 0 N–H and O–H groups in total. The molecule has 1 aliphatic rings. The highest BCUT2D eigenvalue weighted by Gasteiger charge is 2.23. The Bertz CT molecular complexity index is 897. The highest BCUT2D eigenvalue weighted by Crippen LogP contribution is 2.29. The molecular weight excluding hydrogens is 314 g/mol. The Morgan fingerprint density at radius 3 is 2.80 bits per heavy atom. The van der Waals surface area contributed by atoms with Crippen molar-refractivity contribution in [3.8, 4) is 5.75 Å². The van der Waals surface area contributed by atoms with Gasteiger partial charge in [-0.25, -0.2) is 9.97 Å². The fourth-order valence-corrected chi connectivity index (χ4v) is 3.25. The van der Waals surface area contributed by atoms with E-state index in [0.717, 1.165) is 30.5 Å². The van der Waals surface area contributed by atoms with Crippen LogP contribution in [0, 0.1) is 6.92 Å². The molecule has 2 aromatic carbocycles. The lowest BCUT2D eigenvalue weighted by atomic mass is 10.0. The average Bonchev–Trinajstić information content (AvgIpc) is 2.67. The zero-order valence-corrected chi connectivity index (χ0v) is 14.5. The molecule has 1 aliphatic heterocycles. The zero-order chi connectivity index (χ0) is 17.2. The van der Waals surface area contributed by atoms with Gasteiger partial charge in [0.2, 0.25) is 0 Å². The Kier molecular flexibility index (Phi) is 4.24. The van der Waals surface area contributed by atoms with Crippen LogP contribution in [0.5, 0.6) is 5.75 Å². The van der Waals surface area contributed by atoms with Gasteiger partial charge in [0.05, 0.1) is 13.7 Å². The Balaban J connectivity index is 1.59. The molecule has 1 saturated heterocycles. The van der Waals surface area contributed by atoms with Crippen LogP contribution < -0.4 is 9.64 Å². The van der Waals surface area contributed by atoms with Crippen LogP contribution in [-0.4, -0.2) is 36.8 Å². The molecule has 2 heterocycles. The molecule has 0 radical (unpaired) electrons. The number of nitrogens with zero attached hydrogens (tertiary/aromatic N) is 3. The summed E-state index contributed by atoms with van der Waals surface area (Å²) in [5.41, 5.74) is 1.19. The molecule has 4 rings (SSSR count). The summed E-state index contributed by atoms with van der Waals surface area (Å²) >= 11 is 0. The lowest BCUT2D eigenvalue weighted by molar-refractivity contribution is 0.0396. The lowest BCUT2D eigenvalue weighted by Gasteiger charge is -2.34. The maximum atomic E-state index is 6.03. The van der Waals surface area contributed by atoms with Crippen LogP contribution in [0.15, 0.2) is 48.7 Å². The number of anilines is 1. The molecule has 0 aliphatic carbocycles. The van der Waals surface area contributed by atoms with Gasteiger partial charge in [-0.15, -0.1) is 0 Å². The van der Waals surface area contributed by atoms with Crippen LogP contribution in [0.25, 0.3) is 10.8 Å². The van der Waals surface area contributed by atoms with E-state index in [1.54, 1.807) is 7.11 Å². The summed E-state index contributed by atoms with van der Waals surface area (Å²) in [6.45, 7) is 4.24. The summed E-state index contributed by atoms with van der Waals surface area (Å²) in [5, 5.41) is 2.36. The standard InChI is InChI=1S/C20H21N3O2/c1-14-21-8-7-20(22-14)23-9-10-25-19(13-23)17-4-3-16-12-18(24-2)6-5-15(16)11-17/h3-8,11-12,19H,9-10,13H2,1-2H3. The zero-order valence-electron chi connectivity index (χ0n) is 14.5. The number of hydrogen-bond donors (Lipinski definition) is 0. The molecule has 0 amide bonds. The fraction of sp³-hybridized carbons (Fsp3) is 0.300. The van der Waals surface area contributed by atoms with Gasteiger partial charge in [0.1, 0.15) is 23.5 Å². The second-order valence-corrected chi connectivity index (χ2v) is 6.24. The van der Waals surface area contributed by atoms with Crippen molar-refractivity contribution >= 4 is 16.6 Å². The Labute approximate surface area is 147 Å². The van der Waals surface area contributed by atoms with Crippen molar-refractivity contribution in [2.45, 2.75) is 13.0 Å². The first-order valence-corrected chi connectivity index (χ1v) is 8.47. The first kappa shape index (κ1) is 15.8. The topological polar surface area (TPSA) is 47.5 Å². The van der Waals surface area contributed by atoms with E-state index in [9.17, 15) is 0 Å². The first-order chi connectivity index (χ1) is 12.2. The molecule has 5 nitrogen and oxygen atoms in total. The van der Waals surface area contributed by atoms with Crippen molar-refractivity contribution in [1.29, 1.82) is 0 Å². The summed E-state index contributed by atoms with van der Waals surface area (Å²) in [6, 6.07) is 14.6. The van der Waals surface area contributed by atoms with Gasteiger partial charge >= 0.3 is 0 Å². The molecule has 5 heteroatoms. The van der Waals surface area contributed by atoms with Gasteiger partial charge in [0.15, 0.2) is 0 Å². The number of benzene rings is 2. The third kappa shape index (κ3) is 3.28. The van der Waals surface area contributed by atoms with Gasteiger partial charge < -0.3 is 14.4 Å². The molecule has 0 saturated carbocycles. The van der Waals surface area contributed by atoms with Crippen LogP contribution in [-0.2, 0) is 4.74 Å². The maximum Gasteiger partial charge on any atom is 0.132 e. The monoisotopic (exact) mass is 335 g/mol. The van der Waals surface area contributed by atoms with E-state index in [0.29, 0.717) is 6.61 Å². The van der Waals surface area contributed by atoms with E-state index >= 15 is 0 Å². The van der Waals surface area contributed by atoms with Crippen molar-refractivity contribution in [3.63, 3.8) is 0 Å². The minimum atomic E-state index is 0.0375. The van der Waals surface area contributed by atoms with E-state index in [-0.39, 0.29) is 6.10 Å². The first-order valence-electron chi connectivity index (χ1n) is 8.47. The van der Waals surface area contributed by atoms with Crippen molar-refractivity contribution in [2.24, 2.45) is 0 Å². The number of aryl methyl sites for hydroxylation is 1. The largest absolute Gasteiger partial charge is 0.497 e. The molecule has 1 aromatic heterocycles. The van der Waals surface area contributed by atoms with Gasteiger partial charge in [-0.3, -0.25) is 0 Å². The molecular formula is C20H21N3O2. The molecule has 0 bridgehead atoms. The number of morpholine rings is 1. The maximum absolute atomic E-state index is 6.03. The fourth-order valence-electron chi connectivity index (χ4n) is 3.25. The SMILES string of the molecule is COc1ccc2cc(C3CN(c4ccnc(C)n4)CCO3)ccc2c1. The van der Waals surface area contributed by atoms with Crippen molar-refractivity contribution < 1.29 is 9.47 Å². The van der Waals surface area contributed by atoms with Crippen LogP contribution in [0.4, 0.5) is 5.82 Å². The second kappa shape index (κ2) is 6.69. The summed E-state index contributed by atoms with van der Waals surface area (Å²) in [6.07, 6.45) is 1.85. The predicted octanol–water partition coefficient (Wildman–Crippen LogP) is 3.52. The van der Waals surface area contributed by atoms with E-state index < -0.39 is 0 Å². The number of hydrogen-bond acceptors (Lipinski definition) is 5. The normalized spacial score (nSPS) is 17.7. The second-order valence-electron chi connectivity index (χ2n) is 6.24. The molecule has 25 heavy (non-hydrogen) atoms. The number of ether oxygens (including phenoxy) is 2. The van der Waals surface area contributed by atoms with Crippen LogP contribution in [0.2, 0.25) is 0 Å². The van der Waals surface area contributed by atoms with Gasteiger partial charge in [0, 0.05) is 19.3 Å². The summed E-state index contributed by atoms with van der Waals surface area (Å²) in [5.74, 6) is 2.63. The van der Waals surface area contributed by atoms with Crippen molar-refractivity contribution in [2.75, 3.05) is 31.7 Å². The minimum absolute atomic E-state index is 0.0375. The Hall–Kier alpha value is -2.66. The molecule has 3 aromatic rings. The molecule has 1 fully saturated rings. The number of aromatic nitrogens is 2. The molecule has 1 unspecified atom stereocenters. The summed E-state index contributed by atoms with van der Waals surface area (Å²) in [7, 11) is 1.69. The molecule has 0 spiro atoms. The quantitative estimate of drug-likeness (QED) is 0.733. The number of methoxy groups -OCH3 is 1. The van der Waals surface area contributed by atoms with Gasteiger partial charge in [-0.2, -0.15) is 0 Å². The van der Waals surface area contributed by atoms with Gasteiger partial charge in [-0.05, 0) is 47.5 Å². The predicted molar refractivity (Wildman–Crippen MR) is 98.2 cm³/mol. The van der Waals surface area contributed by atoms with Crippen LogP contribution in [0.3, 0.4) is 0 Å². The number of fused-ring (bicyclic) bond motifs is 1. The van der Waals surface area contributed by atoms with Gasteiger partial charge in [-0.1, -0.05) is 18.2 Å². The van der Waals surface area contributed by atoms with E-state index in [1.807, 2.05) is 25.3 Å². The number of rotatable bonds is 3. The van der Waals surface area contributed by atoms with Crippen LogP contribution in [0.1, 0.15) is 17.5 Å². The molecule has 128 valence electrons. The Morgan fingerprint density at radius 2 is 1.96 bits per heavy atom. The average molecular weight is 335 g/mol. The van der Waals surface area contributed by atoms with E-state index in [1.165, 1.54) is 16.3 Å². The lowest BCUT2D eigenvalue weighted by Crippen LogP contribution is -2.39.